The molecule has 0 aliphatic carbocycles. The zero-order valence-corrected chi connectivity index (χ0v) is 13.3. The van der Waals surface area contributed by atoms with Crippen LogP contribution in [0.15, 0.2) is 53.0 Å². The van der Waals surface area contributed by atoms with E-state index in [1.807, 2.05) is 24.3 Å². The molecule has 0 spiro atoms. The number of rotatable bonds is 6. The Balaban J connectivity index is 1.91. The second-order valence-electron chi connectivity index (χ2n) is 4.94. The van der Waals surface area contributed by atoms with Gasteiger partial charge in [-0.1, -0.05) is 51.8 Å². The molecule has 1 atom stereocenters. The molecule has 0 aromatic heterocycles. The van der Waals surface area contributed by atoms with Crippen LogP contribution in [-0.4, -0.2) is 13.2 Å². The maximum Gasteiger partial charge on any atom is 0.120 e. The number of ether oxygens (including phenoxy) is 1. The summed E-state index contributed by atoms with van der Waals surface area (Å²) in [6.45, 7) is 3.42. The maximum atomic E-state index is 5.90. The van der Waals surface area contributed by atoms with Gasteiger partial charge in [0.05, 0.1) is 6.61 Å². The Morgan fingerprint density at radius 2 is 1.95 bits per heavy atom. The zero-order chi connectivity index (χ0) is 14.4. The first kappa shape index (κ1) is 15.1. The highest BCUT2D eigenvalue weighted by molar-refractivity contribution is 9.10. The molecule has 20 heavy (non-hydrogen) atoms. The summed E-state index contributed by atoms with van der Waals surface area (Å²) in [6, 6.07) is 16.4. The lowest BCUT2D eigenvalue weighted by molar-refractivity contribution is 0.298. The summed E-state index contributed by atoms with van der Waals surface area (Å²) in [7, 11) is 0. The van der Waals surface area contributed by atoms with Gasteiger partial charge in [0.25, 0.3) is 0 Å². The van der Waals surface area contributed by atoms with Crippen molar-refractivity contribution in [3.05, 3.63) is 64.1 Å². The van der Waals surface area contributed by atoms with Gasteiger partial charge in [0.1, 0.15) is 5.75 Å². The Hall–Kier alpha value is -1.32. The molecule has 106 valence electrons. The van der Waals surface area contributed by atoms with E-state index in [1.54, 1.807) is 0 Å². The molecular formula is C17H20BrNO. The summed E-state index contributed by atoms with van der Waals surface area (Å²) >= 11 is 3.44. The predicted molar refractivity (Wildman–Crippen MR) is 87.2 cm³/mol. The maximum absolute atomic E-state index is 5.90. The van der Waals surface area contributed by atoms with Gasteiger partial charge >= 0.3 is 0 Å². The molecule has 0 fully saturated rings. The first-order valence-corrected chi connectivity index (χ1v) is 7.63. The summed E-state index contributed by atoms with van der Waals surface area (Å²) in [6.07, 6.45) is 0.923. The van der Waals surface area contributed by atoms with Crippen LogP contribution in [0.5, 0.6) is 5.75 Å². The minimum Gasteiger partial charge on any atom is -0.494 e. The van der Waals surface area contributed by atoms with Crippen LogP contribution < -0.4 is 10.5 Å². The Kier molecular flexibility index (Phi) is 5.62. The Morgan fingerprint density at radius 3 is 2.65 bits per heavy atom. The van der Waals surface area contributed by atoms with Crippen molar-refractivity contribution in [2.45, 2.75) is 19.3 Å². The lowest BCUT2D eigenvalue weighted by atomic mass is 9.95. The van der Waals surface area contributed by atoms with Crippen LogP contribution in [0.1, 0.15) is 23.5 Å². The largest absolute Gasteiger partial charge is 0.494 e. The molecule has 0 aliphatic rings. The summed E-state index contributed by atoms with van der Waals surface area (Å²) in [4.78, 5) is 0. The third kappa shape index (κ3) is 4.36. The van der Waals surface area contributed by atoms with Crippen LogP contribution in [-0.2, 0) is 0 Å². The lowest BCUT2D eigenvalue weighted by Crippen LogP contribution is -2.15. The van der Waals surface area contributed by atoms with Crippen molar-refractivity contribution in [3.63, 3.8) is 0 Å². The molecule has 0 amide bonds. The van der Waals surface area contributed by atoms with Gasteiger partial charge in [-0.25, -0.2) is 0 Å². The van der Waals surface area contributed by atoms with Crippen LogP contribution in [0.4, 0.5) is 0 Å². The molecule has 0 aliphatic heterocycles. The summed E-state index contributed by atoms with van der Waals surface area (Å²) in [5.74, 6) is 1.24. The van der Waals surface area contributed by atoms with E-state index in [1.165, 1.54) is 11.1 Å². The van der Waals surface area contributed by atoms with E-state index in [2.05, 4.69) is 47.1 Å². The zero-order valence-electron chi connectivity index (χ0n) is 11.7. The highest BCUT2D eigenvalue weighted by atomic mass is 79.9. The van der Waals surface area contributed by atoms with E-state index in [9.17, 15) is 0 Å². The number of halogens is 1. The average molecular weight is 334 g/mol. The molecule has 2 aromatic carbocycles. The molecule has 2 rings (SSSR count). The number of hydrogen-bond acceptors (Lipinski definition) is 2. The van der Waals surface area contributed by atoms with E-state index < -0.39 is 0 Å². The molecule has 0 saturated carbocycles. The molecule has 0 heterocycles. The van der Waals surface area contributed by atoms with Crippen molar-refractivity contribution in [3.8, 4) is 5.75 Å². The fourth-order valence-electron chi connectivity index (χ4n) is 2.22. The van der Waals surface area contributed by atoms with E-state index in [0.717, 1.165) is 16.6 Å². The normalized spacial score (nSPS) is 12.2. The van der Waals surface area contributed by atoms with E-state index in [0.29, 0.717) is 19.1 Å². The molecule has 0 saturated heterocycles. The fraction of sp³-hybridized carbons (Fsp3) is 0.294. The van der Waals surface area contributed by atoms with Crippen LogP contribution >= 0.6 is 15.9 Å². The average Bonchev–Trinajstić information content (AvgIpc) is 2.44. The predicted octanol–water partition coefficient (Wildman–Crippen LogP) is 4.27. The second kappa shape index (κ2) is 7.46. The monoisotopic (exact) mass is 333 g/mol. The number of benzene rings is 2. The minimum atomic E-state index is 0.349. The van der Waals surface area contributed by atoms with E-state index in [4.69, 9.17) is 10.5 Å². The summed E-state index contributed by atoms with van der Waals surface area (Å²) < 4.78 is 6.82. The quantitative estimate of drug-likeness (QED) is 0.856. The van der Waals surface area contributed by atoms with Crippen LogP contribution in [0.25, 0.3) is 0 Å². The third-order valence-corrected chi connectivity index (χ3v) is 3.82. The van der Waals surface area contributed by atoms with Gasteiger partial charge in [-0.15, -0.1) is 0 Å². The topological polar surface area (TPSA) is 35.2 Å². The van der Waals surface area contributed by atoms with Gasteiger partial charge in [0.15, 0.2) is 0 Å². The molecular weight excluding hydrogens is 314 g/mol. The van der Waals surface area contributed by atoms with E-state index >= 15 is 0 Å². The standard InChI is InChI=1S/C17H20BrNO/c1-13-4-2-5-14(10-13)15(12-19)8-9-20-17-7-3-6-16(18)11-17/h2-7,10-11,15H,8-9,12,19H2,1H3. The number of aryl methyl sites for hydroxylation is 1. The Morgan fingerprint density at radius 1 is 1.15 bits per heavy atom. The Bertz CT molecular complexity index is 556. The lowest BCUT2D eigenvalue weighted by Gasteiger charge is -2.16. The first-order valence-electron chi connectivity index (χ1n) is 6.84. The highest BCUT2D eigenvalue weighted by Crippen LogP contribution is 2.22. The molecule has 2 aromatic rings. The van der Waals surface area contributed by atoms with Crippen molar-refractivity contribution in [1.29, 1.82) is 0 Å². The van der Waals surface area contributed by atoms with Crippen molar-refractivity contribution in [2.75, 3.05) is 13.2 Å². The third-order valence-electron chi connectivity index (χ3n) is 3.33. The van der Waals surface area contributed by atoms with Crippen LogP contribution in [0, 0.1) is 6.92 Å². The SMILES string of the molecule is Cc1cccc(C(CN)CCOc2cccc(Br)c2)c1. The van der Waals surface area contributed by atoms with Gasteiger partial charge in [-0.3, -0.25) is 0 Å². The van der Waals surface area contributed by atoms with Crippen molar-refractivity contribution >= 4 is 15.9 Å². The van der Waals surface area contributed by atoms with Gasteiger partial charge < -0.3 is 10.5 Å². The van der Waals surface area contributed by atoms with Gasteiger partial charge in [-0.2, -0.15) is 0 Å². The molecule has 3 heteroatoms. The molecule has 2 nitrogen and oxygen atoms in total. The first-order chi connectivity index (χ1) is 9.69. The Labute approximate surface area is 129 Å². The van der Waals surface area contributed by atoms with Gasteiger partial charge in [0, 0.05) is 4.47 Å². The summed E-state index contributed by atoms with van der Waals surface area (Å²) in [5.41, 5.74) is 8.46. The van der Waals surface area contributed by atoms with Crippen molar-refractivity contribution in [2.24, 2.45) is 5.73 Å². The van der Waals surface area contributed by atoms with Crippen LogP contribution in [0.3, 0.4) is 0 Å². The van der Waals surface area contributed by atoms with Crippen molar-refractivity contribution < 1.29 is 4.74 Å². The second-order valence-corrected chi connectivity index (χ2v) is 5.86. The molecule has 1 unspecified atom stereocenters. The fourth-order valence-corrected chi connectivity index (χ4v) is 2.60. The molecule has 2 N–H and O–H groups in total. The number of hydrogen-bond donors (Lipinski definition) is 1. The molecule has 0 bridgehead atoms. The van der Waals surface area contributed by atoms with Crippen LogP contribution in [0.2, 0.25) is 0 Å². The summed E-state index contributed by atoms with van der Waals surface area (Å²) in [5, 5.41) is 0. The smallest absolute Gasteiger partial charge is 0.120 e. The number of nitrogens with two attached hydrogens (primary N) is 1. The minimum absolute atomic E-state index is 0.349. The van der Waals surface area contributed by atoms with Gasteiger partial charge in [0.2, 0.25) is 0 Å². The van der Waals surface area contributed by atoms with Gasteiger partial charge in [-0.05, 0) is 49.6 Å². The molecule has 0 radical (unpaired) electrons. The highest BCUT2D eigenvalue weighted by Gasteiger charge is 2.10. The van der Waals surface area contributed by atoms with E-state index in [-0.39, 0.29) is 0 Å². The van der Waals surface area contributed by atoms with Crippen molar-refractivity contribution in [1.82, 2.24) is 0 Å².